The normalized spacial score (nSPS) is 12.8. The van der Waals surface area contributed by atoms with E-state index < -0.39 is 34.7 Å². The average molecular weight is 473 g/mol. The van der Waals surface area contributed by atoms with E-state index in [9.17, 15) is 31.1 Å². The fourth-order valence-corrected chi connectivity index (χ4v) is 2.95. The smallest absolute Gasteiger partial charge is 0.391 e. The van der Waals surface area contributed by atoms with Crippen molar-refractivity contribution in [3.63, 3.8) is 0 Å². The zero-order chi connectivity index (χ0) is 24.6. The van der Waals surface area contributed by atoms with Gasteiger partial charge in [0, 0.05) is 18.2 Å². The van der Waals surface area contributed by atoms with Crippen LogP contribution in [0.25, 0.3) is 5.69 Å². The highest BCUT2D eigenvalue weighted by atomic mass is 19.4. The van der Waals surface area contributed by atoms with Crippen molar-refractivity contribution >= 4 is 5.71 Å². The van der Waals surface area contributed by atoms with Crippen LogP contribution >= 0.6 is 0 Å². The molecule has 0 radical (unpaired) electrons. The summed E-state index contributed by atoms with van der Waals surface area (Å²) in [6.45, 7) is 2.72. The molecule has 1 aromatic heterocycles. The summed E-state index contributed by atoms with van der Waals surface area (Å²) >= 11 is 0. The van der Waals surface area contributed by atoms with Crippen LogP contribution in [0.2, 0.25) is 0 Å². The standard InChI is InChI=1S/C20H17F6N5O2/c1-11-5-4-6-17(31-18(32)30(3)28-29-31)16(11)10-33-27-12(2)13-7-14(19(21,22)23)9-15(8-13)20(24,25)26/h4-9H,10H2,1-3H3/b27-12+. The molecule has 0 atom stereocenters. The van der Waals surface area contributed by atoms with Crippen LogP contribution in [0.3, 0.4) is 0 Å². The van der Waals surface area contributed by atoms with Gasteiger partial charge in [0.1, 0.15) is 6.61 Å². The van der Waals surface area contributed by atoms with Crippen LogP contribution in [-0.2, 0) is 30.8 Å². The van der Waals surface area contributed by atoms with E-state index in [1.807, 2.05) is 0 Å². The number of alkyl halides is 6. The summed E-state index contributed by atoms with van der Waals surface area (Å²) in [6.07, 6.45) is -9.95. The molecule has 0 aliphatic carbocycles. The molecule has 0 bridgehead atoms. The molecule has 0 spiro atoms. The molecule has 0 N–H and O–H groups in total. The summed E-state index contributed by atoms with van der Waals surface area (Å²) in [6, 6.07) is 6.15. The lowest BCUT2D eigenvalue weighted by molar-refractivity contribution is -0.143. The summed E-state index contributed by atoms with van der Waals surface area (Å²) < 4.78 is 80.5. The number of benzene rings is 2. The third-order valence-electron chi connectivity index (χ3n) is 4.75. The van der Waals surface area contributed by atoms with Gasteiger partial charge in [-0.05, 0) is 54.1 Å². The highest BCUT2D eigenvalue weighted by Gasteiger charge is 2.37. The lowest BCUT2D eigenvalue weighted by Gasteiger charge is -2.14. The fourth-order valence-electron chi connectivity index (χ4n) is 2.95. The van der Waals surface area contributed by atoms with Gasteiger partial charge in [0.25, 0.3) is 0 Å². The minimum absolute atomic E-state index is 0.0376. The van der Waals surface area contributed by atoms with Gasteiger partial charge in [-0.3, -0.25) is 0 Å². The highest BCUT2D eigenvalue weighted by molar-refractivity contribution is 5.98. The molecule has 13 heteroatoms. The Morgan fingerprint density at radius 3 is 2.15 bits per heavy atom. The largest absolute Gasteiger partial charge is 0.416 e. The average Bonchev–Trinajstić information content (AvgIpc) is 3.05. The zero-order valence-electron chi connectivity index (χ0n) is 17.5. The Balaban J connectivity index is 1.92. The molecule has 0 fully saturated rings. The van der Waals surface area contributed by atoms with Crippen molar-refractivity contribution in [2.24, 2.45) is 12.2 Å². The summed E-state index contributed by atoms with van der Waals surface area (Å²) in [5.74, 6) is 0. The predicted molar refractivity (Wildman–Crippen MR) is 105 cm³/mol. The maximum Gasteiger partial charge on any atom is 0.416 e. The maximum atomic E-state index is 13.1. The molecule has 0 unspecified atom stereocenters. The number of aryl methyl sites for hydroxylation is 2. The van der Waals surface area contributed by atoms with Crippen LogP contribution in [0.5, 0.6) is 0 Å². The first-order valence-corrected chi connectivity index (χ1v) is 9.33. The second-order valence-electron chi connectivity index (χ2n) is 7.11. The highest BCUT2D eigenvalue weighted by Crippen LogP contribution is 2.36. The Labute approximate surface area is 182 Å². The number of aromatic nitrogens is 4. The molecule has 3 rings (SSSR count). The van der Waals surface area contributed by atoms with Gasteiger partial charge in [-0.1, -0.05) is 17.3 Å². The quantitative estimate of drug-likeness (QED) is 0.316. The molecule has 0 aliphatic heterocycles. The van der Waals surface area contributed by atoms with Crippen LogP contribution in [0.1, 0.15) is 34.7 Å². The molecular formula is C20H17F6N5O2. The first-order chi connectivity index (χ1) is 15.3. The van der Waals surface area contributed by atoms with Gasteiger partial charge in [0.15, 0.2) is 0 Å². The second kappa shape index (κ2) is 8.71. The van der Waals surface area contributed by atoms with Gasteiger partial charge in [-0.15, -0.1) is 0 Å². The van der Waals surface area contributed by atoms with Crippen LogP contribution in [-0.4, -0.2) is 25.5 Å². The van der Waals surface area contributed by atoms with Gasteiger partial charge >= 0.3 is 18.0 Å². The van der Waals surface area contributed by atoms with Gasteiger partial charge in [0.05, 0.1) is 22.5 Å². The van der Waals surface area contributed by atoms with Crippen molar-refractivity contribution in [3.05, 3.63) is 74.7 Å². The van der Waals surface area contributed by atoms with Crippen molar-refractivity contribution in [1.82, 2.24) is 19.8 Å². The van der Waals surface area contributed by atoms with Crippen molar-refractivity contribution in [1.29, 1.82) is 0 Å². The van der Waals surface area contributed by atoms with Crippen LogP contribution in [0, 0.1) is 6.92 Å². The molecule has 7 nitrogen and oxygen atoms in total. The van der Waals surface area contributed by atoms with Crippen molar-refractivity contribution in [2.75, 3.05) is 0 Å². The molecule has 1 heterocycles. The Bertz CT molecular complexity index is 1220. The Morgan fingerprint density at radius 2 is 1.64 bits per heavy atom. The van der Waals surface area contributed by atoms with E-state index in [4.69, 9.17) is 4.84 Å². The van der Waals surface area contributed by atoms with E-state index in [1.165, 1.54) is 14.0 Å². The van der Waals surface area contributed by atoms with Gasteiger partial charge < -0.3 is 4.84 Å². The van der Waals surface area contributed by atoms with Crippen molar-refractivity contribution in [3.8, 4) is 5.69 Å². The van der Waals surface area contributed by atoms with Crippen LogP contribution < -0.4 is 5.69 Å². The van der Waals surface area contributed by atoms with E-state index in [0.29, 0.717) is 28.9 Å². The van der Waals surface area contributed by atoms with E-state index in [2.05, 4.69) is 15.6 Å². The summed E-state index contributed by atoms with van der Waals surface area (Å²) in [5.41, 5.74) is -2.50. The molecular weight excluding hydrogens is 456 g/mol. The van der Waals surface area contributed by atoms with E-state index in [0.717, 1.165) is 9.36 Å². The summed E-state index contributed by atoms with van der Waals surface area (Å²) in [7, 11) is 1.41. The fraction of sp³-hybridized carbons (Fsp3) is 0.300. The Kier molecular flexibility index (Phi) is 6.34. The maximum absolute atomic E-state index is 13.1. The SMILES string of the molecule is C/C(=N\OCc1c(C)cccc1-n1nnn(C)c1=O)c1cc(C(F)(F)F)cc(C(F)(F)F)c1. The lowest BCUT2D eigenvalue weighted by Crippen LogP contribution is -2.23. The number of nitrogens with zero attached hydrogens (tertiary/aromatic N) is 5. The number of tetrazole rings is 1. The van der Waals surface area contributed by atoms with Crippen molar-refractivity contribution < 1.29 is 31.2 Å². The molecule has 2 aromatic carbocycles. The molecule has 0 amide bonds. The van der Waals surface area contributed by atoms with Crippen molar-refractivity contribution in [2.45, 2.75) is 32.8 Å². The van der Waals surface area contributed by atoms with Gasteiger partial charge in [-0.25, -0.2) is 4.79 Å². The number of hydrogen-bond donors (Lipinski definition) is 0. The van der Waals surface area contributed by atoms with E-state index in [-0.39, 0.29) is 18.4 Å². The molecule has 0 saturated heterocycles. The minimum atomic E-state index is -4.98. The Morgan fingerprint density at radius 1 is 1.03 bits per heavy atom. The Hall–Kier alpha value is -3.64. The molecule has 3 aromatic rings. The molecule has 0 aliphatic rings. The van der Waals surface area contributed by atoms with E-state index in [1.54, 1.807) is 25.1 Å². The molecule has 176 valence electrons. The predicted octanol–water partition coefficient (Wildman–Crippen LogP) is 4.25. The van der Waals surface area contributed by atoms with Crippen LogP contribution in [0.15, 0.2) is 46.3 Å². The summed E-state index contributed by atoms with van der Waals surface area (Å²) in [4.78, 5) is 17.4. The molecule has 0 saturated carbocycles. The first kappa shape index (κ1) is 24.0. The number of halogens is 6. The lowest BCUT2D eigenvalue weighted by atomic mass is 10.0. The number of rotatable bonds is 5. The zero-order valence-corrected chi connectivity index (χ0v) is 17.5. The van der Waals surface area contributed by atoms with E-state index >= 15 is 0 Å². The summed E-state index contributed by atoms with van der Waals surface area (Å²) in [5, 5.41) is 11.1. The number of oxime groups is 1. The third kappa shape index (κ3) is 5.23. The molecule has 33 heavy (non-hydrogen) atoms. The first-order valence-electron chi connectivity index (χ1n) is 9.33. The van der Waals surface area contributed by atoms with Gasteiger partial charge in [-0.2, -0.15) is 35.7 Å². The third-order valence-corrected chi connectivity index (χ3v) is 4.75. The monoisotopic (exact) mass is 473 g/mol. The minimum Gasteiger partial charge on any atom is -0.391 e. The topological polar surface area (TPSA) is 74.3 Å². The second-order valence-corrected chi connectivity index (χ2v) is 7.11. The van der Waals surface area contributed by atoms with Crippen LogP contribution in [0.4, 0.5) is 26.3 Å². The van der Waals surface area contributed by atoms with Gasteiger partial charge in [0.2, 0.25) is 0 Å². The number of hydrogen-bond acceptors (Lipinski definition) is 5.